The number of aromatic nitrogens is 2. The monoisotopic (exact) mass is 293 g/mol. The lowest BCUT2D eigenvalue weighted by Crippen LogP contribution is -2.37. The van der Waals surface area contributed by atoms with Gasteiger partial charge >= 0.3 is 0 Å². The number of nitrogens with one attached hydrogen (secondary N) is 2. The fourth-order valence-electron chi connectivity index (χ4n) is 1.70. The summed E-state index contributed by atoms with van der Waals surface area (Å²) in [5.74, 6) is 2.05. The van der Waals surface area contributed by atoms with Gasteiger partial charge in [0.1, 0.15) is 17.5 Å². The zero-order chi connectivity index (χ0) is 16.0. The molecule has 0 radical (unpaired) electrons. The third-order valence-electron chi connectivity index (χ3n) is 3.42. The van der Waals surface area contributed by atoms with E-state index in [2.05, 4.69) is 27.5 Å². The second kappa shape index (κ2) is 7.24. The van der Waals surface area contributed by atoms with E-state index in [1.807, 2.05) is 27.7 Å². The van der Waals surface area contributed by atoms with E-state index < -0.39 is 5.41 Å². The molecule has 6 heteroatoms. The summed E-state index contributed by atoms with van der Waals surface area (Å²) in [6, 6.07) is 0. The van der Waals surface area contributed by atoms with Gasteiger partial charge < -0.3 is 16.4 Å². The van der Waals surface area contributed by atoms with Crippen molar-refractivity contribution in [2.24, 2.45) is 11.1 Å². The number of carbonyl (C=O) groups is 1. The van der Waals surface area contributed by atoms with Gasteiger partial charge in [0, 0.05) is 25.1 Å². The summed E-state index contributed by atoms with van der Waals surface area (Å²) in [6.07, 6.45) is 1.79. The number of hydrogen-bond acceptors (Lipinski definition) is 5. The highest BCUT2D eigenvalue weighted by Gasteiger charge is 2.25. The fourth-order valence-corrected chi connectivity index (χ4v) is 1.70. The van der Waals surface area contributed by atoms with Gasteiger partial charge in [-0.3, -0.25) is 4.79 Å². The van der Waals surface area contributed by atoms with Crippen molar-refractivity contribution in [3.8, 4) is 0 Å². The molecule has 0 aliphatic heterocycles. The Morgan fingerprint density at radius 2 is 1.76 bits per heavy atom. The van der Waals surface area contributed by atoms with Gasteiger partial charge in [-0.25, -0.2) is 9.97 Å². The maximum atomic E-state index is 11.4. The van der Waals surface area contributed by atoms with Crippen LogP contribution < -0.4 is 16.4 Å². The van der Waals surface area contributed by atoms with Crippen LogP contribution in [0.3, 0.4) is 0 Å². The van der Waals surface area contributed by atoms with Crippen molar-refractivity contribution in [2.45, 2.75) is 47.5 Å². The molecular weight excluding hydrogens is 266 g/mol. The molecule has 118 valence electrons. The number of rotatable bonds is 8. The number of nitrogens with two attached hydrogens (primary N) is 1. The molecule has 1 amide bonds. The highest BCUT2D eigenvalue weighted by Crippen LogP contribution is 2.22. The van der Waals surface area contributed by atoms with Crippen LogP contribution in [0.25, 0.3) is 0 Å². The van der Waals surface area contributed by atoms with Gasteiger partial charge in [0.25, 0.3) is 0 Å². The van der Waals surface area contributed by atoms with Gasteiger partial charge in [-0.1, -0.05) is 13.8 Å². The van der Waals surface area contributed by atoms with Crippen molar-refractivity contribution in [3.63, 3.8) is 0 Å². The molecule has 0 aliphatic rings. The maximum absolute atomic E-state index is 11.4. The van der Waals surface area contributed by atoms with E-state index in [-0.39, 0.29) is 5.91 Å². The molecule has 0 spiro atoms. The molecule has 0 saturated heterocycles. The second-order valence-electron chi connectivity index (χ2n) is 5.84. The molecule has 1 aromatic heterocycles. The maximum Gasteiger partial charge on any atom is 0.224 e. The second-order valence-corrected chi connectivity index (χ2v) is 5.84. The number of aryl methyl sites for hydroxylation is 1. The van der Waals surface area contributed by atoms with Crippen molar-refractivity contribution < 1.29 is 4.79 Å². The average molecular weight is 293 g/mol. The number of hydrogen-bond donors (Lipinski definition) is 3. The molecular formula is C15H27N5O. The van der Waals surface area contributed by atoms with E-state index >= 15 is 0 Å². The molecule has 21 heavy (non-hydrogen) atoms. The normalized spacial score (nSPS) is 11.3. The minimum atomic E-state index is -0.624. The molecule has 0 bridgehead atoms. The first-order valence-corrected chi connectivity index (χ1v) is 7.47. The van der Waals surface area contributed by atoms with E-state index in [0.29, 0.717) is 6.54 Å². The van der Waals surface area contributed by atoms with Crippen LogP contribution in [0.15, 0.2) is 0 Å². The third-order valence-corrected chi connectivity index (χ3v) is 3.42. The van der Waals surface area contributed by atoms with E-state index in [4.69, 9.17) is 5.73 Å². The zero-order valence-corrected chi connectivity index (χ0v) is 13.7. The first-order valence-electron chi connectivity index (χ1n) is 7.47. The van der Waals surface area contributed by atoms with Crippen molar-refractivity contribution in [1.29, 1.82) is 0 Å². The summed E-state index contributed by atoms with van der Waals surface area (Å²) >= 11 is 0. The molecule has 0 aliphatic carbocycles. The minimum Gasteiger partial charge on any atom is -0.370 e. The molecule has 6 nitrogen and oxygen atoms in total. The molecule has 0 saturated carbocycles. The summed E-state index contributed by atoms with van der Waals surface area (Å²) in [5.41, 5.74) is 5.74. The molecule has 0 fully saturated rings. The van der Waals surface area contributed by atoms with Gasteiger partial charge in [-0.15, -0.1) is 0 Å². The van der Waals surface area contributed by atoms with Gasteiger partial charge in [-0.2, -0.15) is 0 Å². The lowest BCUT2D eigenvalue weighted by atomic mass is 9.93. The number of anilines is 2. The Morgan fingerprint density at radius 1 is 1.19 bits per heavy atom. The van der Waals surface area contributed by atoms with Gasteiger partial charge in [0.15, 0.2) is 0 Å². The number of carbonyl (C=O) groups excluding carboxylic acids is 1. The number of primary amides is 1. The van der Waals surface area contributed by atoms with Crippen LogP contribution in [-0.4, -0.2) is 29.0 Å². The third kappa shape index (κ3) is 4.58. The minimum absolute atomic E-state index is 0.332. The highest BCUT2D eigenvalue weighted by molar-refractivity contribution is 5.80. The quantitative estimate of drug-likeness (QED) is 0.682. The molecule has 0 aromatic carbocycles. The fraction of sp³-hybridized carbons (Fsp3) is 0.667. The highest BCUT2D eigenvalue weighted by atomic mass is 16.1. The first kappa shape index (κ1) is 17.2. The van der Waals surface area contributed by atoms with Crippen molar-refractivity contribution in [1.82, 2.24) is 9.97 Å². The standard InChI is InChI=1S/C15H27N5O/c1-6-8-17-12-10(3)13(20-11(7-2)19-12)18-9-15(4,5)14(16)21/h6-9H2,1-5H3,(H2,16,21)(H2,17,18,19,20). The van der Waals surface area contributed by atoms with Crippen LogP contribution in [0.2, 0.25) is 0 Å². The van der Waals surface area contributed by atoms with E-state index in [9.17, 15) is 4.79 Å². The Bertz CT molecular complexity index is 499. The van der Waals surface area contributed by atoms with Gasteiger partial charge in [0.2, 0.25) is 5.91 Å². The Morgan fingerprint density at radius 3 is 2.24 bits per heavy atom. The number of amides is 1. The zero-order valence-electron chi connectivity index (χ0n) is 13.7. The summed E-state index contributed by atoms with van der Waals surface area (Å²) in [4.78, 5) is 20.4. The molecule has 0 unspecified atom stereocenters. The van der Waals surface area contributed by atoms with E-state index in [1.54, 1.807) is 0 Å². The van der Waals surface area contributed by atoms with E-state index in [0.717, 1.165) is 42.4 Å². The van der Waals surface area contributed by atoms with Crippen LogP contribution in [0.5, 0.6) is 0 Å². The Kier molecular flexibility index (Phi) is 5.93. The van der Waals surface area contributed by atoms with Crippen LogP contribution in [0, 0.1) is 12.3 Å². The smallest absolute Gasteiger partial charge is 0.224 e. The number of nitrogens with zero attached hydrogens (tertiary/aromatic N) is 2. The van der Waals surface area contributed by atoms with Crippen LogP contribution in [0.4, 0.5) is 11.6 Å². The van der Waals surface area contributed by atoms with Crippen molar-refractivity contribution in [2.75, 3.05) is 23.7 Å². The SMILES string of the molecule is CCCNc1nc(CC)nc(NCC(C)(C)C(N)=O)c1C. The summed E-state index contributed by atoms with van der Waals surface area (Å²) < 4.78 is 0. The van der Waals surface area contributed by atoms with Gasteiger partial charge in [-0.05, 0) is 27.2 Å². The first-order chi connectivity index (χ1) is 9.81. The largest absolute Gasteiger partial charge is 0.370 e. The lowest BCUT2D eigenvalue weighted by Gasteiger charge is -2.22. The summed E-state index contributed by atoms with van der Waals surface area (Å²) in [7, 11) is 0. The van der Waals surface area contributed by atoms with Crippen LogP contribution in [0.1, 0.15) is 45.5 Å². The van der Waals surface area contributed by atoms with E-state index in [1.165, 1.54) is 0 Å². The predicted octanol–water partition coefficient (Wildman–Crippen LogP) is 2.09. The average Bonchev–Trinajstić information content (AvgIpc) is 2.44. The Balaban J connectivity index is 2.97. The topological polar surface area (TPSA) is 92.9 Å². The summed E-state index contributed by atoms with van der Waals surface area (Å²) in [6.45, 7) is 11.0. The lowest BCUT2D eigenvalue weighted by molar-refractivity contribution is -0.125. The molecule has 1 rings (SSSR count). The molecule has 0 atom stereocenters. The Hall–Kier alpha value is -1.85. The molecule has 4 N–H and O–H groups in total. The molecule has 1 heterocycles. The van der Waals surface area contributed by atoms with Crippen molar-refractivity contribution in [3.05, 3.63) is 11.4 Å². The molecule has 1 aromatic rings. The van der Waals surface area contributed by atoms with Crippen LogP contribution in [-0.2, 0) is 11.2 Å². The summed E-state index contributed by atoms with van der Waals surface area (Å²) in [5, 5.41) is 6.55. The predicted molar refractivity (Wildman–Crippen MR) is 86.4 cm³/mol. The van der Waals surface area contributed by atoms with Crippen LogP contribution >= 0.6 is 0 Å². The van der Waals surface area contributed by atoms with Crippen molar-refractivity contribution >= 4 is 17.5 Å². The Labute approximate surface area is 126 Å². The van der Waals surface area contributed by atoms with Gasteiger partial charge in [0.05, 0.1) is 5.41 Å².